The molecule has 1 aliphatic rings. The maximum absolute atomic E-state index is 12.4. The minimum atomic E-state index is -5.43. The molecule has 1 aromatic heterocycles. The number of hydrogen-bond acceptors (Lipinski definition) is 11. The number of anilines is 1. The number of aromatic nitrogens is 1. The Morgan fingerprint density at radius 3 is 2.52 bits per heavy atom. The van der Waals surface area contributed by atoms with Crippen molar-refractivity contribution in [2.24, 2.45) is 5.16 Å². The van der Waals surface area contributed by atoms with Crippen LogP contribution in [-0.4, -0.2) is 77.6 Å². The monoisotopic (exact) mass is 496 g/mol. The van der Waals surface area contributed by atoms with Crippen LogP contribution in [0.25, 0.3) is 0 Å². The second kappa shape index (κ2) is 10.1. The SMILES string of the molecule is CON=C(C(=O)N[C@@H]1C(=O)N(S(=O)(=O)[O-])[C@@H]1CNC(=O)C(F)(F)F)c1csc(N)n1.[Na+]. The van der Waals surface area contributed by atoms with Crippen LogP contribution in [0.3, 0.4) is 0 Å². The number of halogens is 3. The van der Waals surface area contributed by atoms with Gasteiger partial charge in [-0.1, -0.05) is 5.16 Å². The topological polar surface area (TPSA) is 196 Å². The molecule has 0 radical (unpaired) electrons. The summed E-state index contributed by atoms with van der Waals surface area (Å²) in [6.07, 6.45) is -5.30. The predicted octanol–water partition coefficient (Wildman–Crippen LogP) is -5.09. The van der Waals surface area contributed by atoms with Crippen LogP contribution >= 0.6 is 11.3 Å². The minimum Gasteiger partial charge on any atom is -0.731 e. The average molecular weight is 496 g/mol. The molecule has 13 nitrogen and oxygen atoms in total. The molecular formula is C12H12F3N6NaO7S2. The summed E-state index contributed by atoms with van der Waals surface area (Å²) < 4.78 is 70.3. The van der Waals surface area contributed by atoms with Crippen LogP contribution in [0.5, 0.6) is 0 Å². The zero-order chi connectivity index (χ0) is 22.9. The predicted molar refractivity (Wildman–Crippen MR) is 91.4 cm³/mol. The Kier molecular flexibility index (Phi) is 8.80. The zero-order valence-corrected chi connectivity index (χ0v) is 19.3. The van der Waals surface area contributed by atoms with Gasteiger partial charge in [-0.05, 0) is 0 Å². The van der Waals surface area contributed by atoms with E-state index < -0.39 is 58.5 Å². The van der Waals surface area contributed by atoms with E-state index in [0.717, 1.165) is 18.4 Å². The number of β-lactam (4-membered cyclic amide) rings is 1. The summed E-state index contributed by atoms with van der Waals surface area (Å²) in [5.41, 5.74) is 4.89. The molecule has 166 valence electrons. The van der Waals surface area contributed by atoms with E-state index in [2.05, 4.69) is 15.0 Å². The van der Waals surface area contributed by atoms with Gasteiger partial charge in [0.1, 0.15) is 18.8 Å². The number of hydrogen-bond donors (Lipinski definition) is 3. The summed E-state index contributed by atoms with van der Waals surface area (Å²) in [4.78, 5) is 43.7. The number of thiazole rings is 1. The molecular weight excluding hydrogens is 484 g/mol. The first-order valence-corrected chi connectivity index (χ1v) is 9.79. The number of carbonyl (C=O) groups is 3. The van der Waals surface area contributed by atoms with Gasteiger partial charge in [0.15, 0.2) is 21.1 Å². The molecule has 2 rings (SSSR count). The fourth-order valence-corrected chi connectivity index (χ4v) is 3.76. The van der Waals surface area contributed by atoms with Gasteiger partial charge in [-0.25, -0.2) is 17.7 Å². The van der Waals surface area contributed by atoms with Crippen molar-refractivity contribution >= 4 is 50.2 Å². The van der Waals surface area contributed by atoms with Gasteiger partial charge in [-0.2, -0.15) is 13.2 Å². The molecule has 0 bridgehead atoms. The molecule has 19 heteroatoms. The van der Waals surface area contributed by atoms with E-state index in [-0.39, 0.29) is 44.7 Å². The maximum Gasteiger partial charge on any atom is 1.00 e. The van der Waals surface area contributed by atoms with Crippen LogP contribution < -0.4 is 45.9 Å². The van der Waals surface area contributed by atoms with Crippen molar-refractivity contribution in [1.29, 1.82) is 0 Å². The number of amides is 3. The van der Waals surface area contributed by atoms with Crippen molar-refractivity contribution in [2.75, 3.05) is 19.4 Å². The molecule has 0 unspecified atom stereocenters. The first kappa shape index (κ1) is 27.0. The largest absolute Gasteiger partial charge is 1.00 e. The minimum absolute atomic E-state index is 0. The van der Waals surface area contributed by atoms with Crippen molar-refractivity contribution in [1.82, 2.24) is 19.9 Å². The number of nitrogens with one attached hydrogen (secondary N) is 2. The molecule has 2 heterocycles. The Balaban J connectivity index is 0.00000480. The standard InChI is InChI=1S/C12H13F3N6O7S2.Na/c1-28-20-6(4-3-29-11(16)18-4)8(22)19-7-5(2-17-10(24)12(13,14)15)21(9(7)23)30(25,26)27;/h3,5,7H,2H2,1H3,(H2,16,18)(H,17,24)(H,19,22)(H,25,26,27);/q;+1/p-1/t5-,7+;/m1./s1. The van der Waals surface area contributed by atoms with E-state index in [0.29, 0.717) is 0 Å². The van der Waals surface area contributed by atoms with Gasteiger partial charge in [-0.3, -0.25) is 14.4 Å². The Labute approximate surface area is 198 Å². The van der Waals surface area contributed by atoms with Crippen molar-refractivity contribution in [3.05, 3.63) is 11.1 Å². The third-order valence-corrected chi connectivity index (χ3v) is 5.19. The molecule has 1 fully saturated rings. The van der Waals surface area contributed by atoms with Crippen LogP contribution in [0.15, 0.2) is 10.5 Å². The maximum atomic E-state index is 12.4. The van der Waals surface area contributed by atoms with Gasteiger partial charge < -0.3 is 25.8 Å². The van der Waals surface area contributed by atoms with E-state index in [9.17, 15) is 40.5 Å². The molecule has 3 amide bonds. The van der Waals surface area contributed by atoms with Gasteiger partial charge >= 0.3 is 41.6 Å². The third-order valence-electron chi connectivity index (χ3n) is 3.59. The molecule has 0 aliphatic carbocycles. The number of nitrogens with two attached hydrogens (primary N) is 1. The first-order chi connectivity index (χ1) is 13.8. The third kappa shape index (κ3) is 6.26. The summed E-state index contributed by atoms with van der Waals surface area (Å²) >= 11 is 0.934. The van der Waals surface area contributed by atoms with Crippen LogP contribution in [0.1, 0.15) is 5.69 Å². The Morgan fingerprint density at radius 2 is 2.06 bits per heavy atom. The molecule has 0 aromatic carbocycles. The molecule has 0 spiro atoms. The summed E-state index contributed by atoms with van der Waals surface area (Å²) in [6, 6.07) is -3.56. The number of alkyl halides is 3. The average Bonchev–Trinajstić information content (AvgIpc) is 3.04. The molecule has 0 saturated carbocycles. The Morgan fingerprint density at radius 1 is 1.45 bits per heavy atom. The van der Waals surface area contributed by atoms with Crippen molar-refractivity contribution in [2.45, 2.75) is 18.3 Å². The summed E-state index contributed by atoms with van der Waals surface area (Å²) in [7, 11) is -4.35. The van der Waals surface area contributed by atoms with Gasteiger partial charge in [-0.15, -0.1) is 11.3 Å². The molecule has 1 saturated heterocycles. The number of nitrogen functional groups attached to an aromatic ring is 1. The molecule has 1 aliphatic heterocycles. The zero-order valence-electron chi connectivity index (χ0n) is 15.7. The Bertz CT molecular complexity index is 999. The van der Waals surface area contributed by atoms with E-state index in [1.807, 2.05) is 5.32 Å². The number of rotatable bonds is 7. The van der Waals surface area contributed by atoms with Gasteiger partial charge in [0.25, 0.3) is 11.8 Å². The van der Waals surface area contributed by atoms with Gasteiger partial charge in [0.2, 0.25) is 0 Å². The van der Waals surface area contributed by atoms with E-state index in [1.165, 1.54) is 10.7 Å². The summed E-state index contributed by atoms with van der Waals surface area (Å²) in [5, 5.41) is 8.14. The summed E-state index contributed by atoms with van der Waals surface area (Å²) in [6.45, 7) is -1.09. The molecule has 2 atom stereocenters. The van der Waals surface area contributed by atoms with Crippen LogP contribution in [0.4, 0.5) is 18.3 Å². The number of carbonyl (C=O) groups excluding carboxylic acids is 3. The fraction of sp³-hybridized carbons (Fsp3) is 0.417. The first-order valence-electron chi connectivity index (χ1n) is 7.55. The van der Waals surface area contributed by atoms with Gasteiger partial charge in [0.05, 0.1) is 6.04 Å². The number of nitrogens with zero attached hydrogens (tertiary/aromatic N) is 3. The van der Waals surface area contributed by atoms with Gasteiger partial charge in [0, 0.05) is 11.9 Å². The van der Waals surface area contributed by atoms with Crippen molar-refractivity contribution in [3.8, 4) is 0 Å². The number of oxime groups is 1. The van der Waals surface area contributed by atoms with Crippen LogP contribution in [0.2, 0.25) is 0 Å². The quantitative estimate of drug-likeness (QED) is 0.109. The second-order valence-electron chi connectivity index (χ2n) is 5.51. The Hall–Kier alpha value is -1.99. The van der Waals surface area contributed by atoms with Crippen molar-refractivity contribution < 1.29 is 74.9 Å². The summed E-state index contributed by atoms with van der Waals surface area (Å²) in [5.74, 6) is -4.98. The normalized spacial score (nSPS) is 19.2. The second-order valence-corrected chi connectivity index (χ2v) is 7.65. The van der Waals surface area contributed by atoms with E-state index in [4.69, 9.17) is 5.73 Å². The molecule has 1 aromatic rings. The molecule has 31 heavy (non-hydrogen) atoms. The molecule has 4 N–H and O–H groups in total. The van der Waals surface area contributed by atoms with Crippen LogP contribution in [-0.2, 0) is 29.5 Å². The van der Waals surface area contributed by atoms with E-state index in [1.54, 1.807) is 0 Å². The van der Waals surface area contributed by atoms with E-state index >= 15 is 0 Å². The smallest absolute Gasteiger partial charge is 0.731 e. The fourth-order valence-electron chi connectivity index (χ4n) is 2.35. The van der Waals surface area contributed by atoms with Crippen molar-refractivity contribution in [3.63, 3.8) is 0 Å². The van der Waals surface area contributed by atoms with Crippen LogP contribution in [0, 0.1) is 0 Å².